The van der Waals surface area contributed by atoms with Gasteiger partial charge in [-0.2, -0.15) is 0 Å². The first kappa shape index (κ1) is 14.7. The van der Waals surface area contributed by atoms with Gasteiger partial charge in [-0.05, 0) is 30.4 Å². The number of carbonyl (C=O) groups is 1. The lowest BCUT2D eigenvalue weighted by Crippen LogP contribution is -2.42. The van der Waals surface area contributed by atoms with E-state index in [2.05, 4.69) is 13.8 Å². The average Bonchev–Trinajstić information content (AvgIpc) is 2.36. The monoisotopic (exact) mass is 283 g/mol. The Kier molecular flexibility index (Phi) is 4.23. The number of nitrogen functional groups attached to an aromatic ring is 1. The lowest BCUT2D eigenvalue weighted by molar-refractivity contribution is 0.0622. The molecule has 0 radical (unpaired) electrons. The first-order valence-electron chi connectivity index (χ1n) is 6.67. The van der Waals surface area contributed by atoms with Gasteiger partial charge in [0.15, 0.2) is 11.6 Å². The molecule has 0 aromatic heterocycles. The van der Waals surface area contributed by atoms with Crippen LogP contribution in [0.1, 0.15) is 30.6 Å². The summed E-state index contributed by atoms with van der Waals surface area (Å²) in [5.74, 6) is 3.74. The minimum Gasteiger partial charge on any atom is -0.338 e. The molecule has 4 nitrogen and oxygen atoms in total. The predicted molar refractivity (Wildman–Crippen MR) is 73.0 cm³/mol. The van der Waals surface area contributed by atoms with Crippen molar-refractivity contribution in [3.63, 3.8) is 0 Å². The molecule has 1 heterocycles. The smallest absolute Gasteiger partial charge is 0.254 e. The van der Waals surface area contributed by atoms with Crippen molar-refractivity contribution in [2.75, 3.05) is 18.5 Å². The maximum atomic E-state index is 13.6. The minimum absolute atomic E-state index is 0.0142. The number of nitrogens with one attached hydrogen (secondary N) is 1. The van der Waals surface area contributed by atoms with E-state index in [0.717, 1.165) is 18.6 Å². The van der Waals surface area contributed by atoms with Gasteiger partial charge in [-0.3, -0.25) is 10.6 Å². The van der Waals surface area contributed by atoms with E-state index in [0.29, 0.717) is 24.9 Å². The molecule has 1 saturated heterocycles. The van der Waals surface area contributed by atoms with Gasteiger partial charge in [0, 0.05) is 18.7 Å². The summed E-state index contributed by atoms with van der Waals surface area (Å²) < 4.78 is 27.3. The van der Waals surface area contributed by atoms with Crippen molar-refractivity contribution in [2.45, 2.75) is 20.3 Å². The highest BCUT2D eigenvalue weighted by Crippen LogP contribution is 2.25. The Morgan fingerprint density at radius 2 is 1.75 bits per heavy atom. The van der Waals surface area contributed by atoms with Crippen LogP contribution in [-0.2, 0) is 0 Å². The van der Waals surface area contributed by atoms with Gasteiger partial charge in [0.1, 0.15) is 5.69 Å². The fraction of sp³-hybridized carbons (Fsp3) is 0.500. The maximum absolute atomic E-state index is 13.6. The molecule has 0 aliphatic carbocycles. The summed E-state index contributed by atoms with van der Waals surface area (Å²) in [5, 5.41) is 0. The molecule has 1 aliphatic heterocycles. The first-order valence-corrected chi connectivity index (χ1v) is 6.67. The first-order chi connectivity index (χ1) is 9.42. The molecule has 2 unspecified atom stereocenters. The van der Waals surface area contributed by atoms with Gasteiger partial charge in [0.05, 0.1) is 0 Å². The summed E-state index contributed by atoms with van der Waals surface area (Å²) in [6.45, 7) is 5.36. The highest BCUT2D eigenvalue weighted by atomic mass is 19.1. The number of halogens is 2. The summed E-state index contributed by atoms with van der Waals surface area (Å²) >= 11 is 0. The third kappa shape index (κ3) is 2.90. The number of nitrogens with two attached hydrogens (primary N) is 1. The largest absolute Gasteiger partial charge is 0.338 e. The van der Waals surface area contributed by atoms with Gasteiger partial charge in [0.2, 0.25) is 0 Å². The topological polar surface area (TPSA) is 58.4 Å². The standard InChI is InChI=1S/C14H19F2N3O/c1-8-3-9(2)7-19(6-8)14(20)10-4-11(15)13(18-17)12(16)5-10/h4-5,8-9,18H,3,6-7,17H2,1-2H3. The predicted octanol–water partition coefficient (Wildman–Crippen LogP) is 2.37. The van der Waals surface area contributed by atoms with Crippen LogP contribution in [0.25, 0.3) is 0 Å². The fourth-order valence-corrected chi connectivity index (χ4v) is 2.85. The molecular weight excluding hydrogens is 264 g/mol. The highest BCUT2D eigenvalue weighted by molar-refractivity contribution is 5.94. The number of hydrogen-bond donors (Lipinski definition) is 2. The van der Waals surface area contributed by atoms with Crippen LogP contribution in [0.15, 0.2) is 12.1 Å². The Bertz CT molecular complexity index is 488. The van der Waals surface area contributed by atoms with Crippen molar-refractivity contribution in [3.05, 3.63) is 29.3 Å². The zero-order valence-electron chi connectivity index (χ0n) is 11.6. The summed E-state index contributed by atoms with van der Waals surface area (Å²) in [6, 6.07) is 2.04. The molecule has 1 fully saturated rings. The van der Waals surface area contributed by atoms with Crippen molar-refractivity contribution < 1.29 is 13.6 Å². The Balaban J connectivity index is 2.25. The molecule has 1 amide bonds. The molecule has 20 heavy (non-hydrogen) atoms. The van der Waals surface area contributed by atoms with Crippen LogP contribution in [0.4, 0.5) is 14.5 Å². The third-order valence-corrected chi connectivity index (χ3v) is 3.59. The van der Waals surface area contributed by atoms with Crippen molar-refractivity contribution in [1.82, 2.24) is 4.90 Å². The molecule has 2 rings (SSSR count). The van der Waals surface area contributed by atoms with E-state index in [4.69, 9.17) is 5.84 Å². The molecule has 1 aliphatic rings. The fourth-order valence-electron chi connectivity index (χ4n) is 2.85. The number of nitrogens with zero attached hydrogens (tertiary/aromatic N) is 1. The van der Waals surface area contributed by atoms with Gasteiger partial charge in [-0.15, -0.1) is 0 Å². The zero-order valence-corrected chi connectivity index (χ0v) is 11.6. The molecule has 1 aromatic rings. The third-order valence-electron chi connectivity index (χ3n) is 3.59. The van der Waals surface area contributed by atoms with E-state index in [9.17, 15) is 13.6 Å². The number of benzene rings is 1. The molecule has 0 bridgehead atoms. The molecule has 0 spiro atoms. The molecule has 0 saturated carbocycles. The number of piperidine rings is 1. The second-order valence-electron chi connectivity index (χ2n) is 5.62. The number of amides is 1. The molecule has 110 valence electrons. The van der Waals surface area contributed by atoms with Crippen molar-refractivity contribution in [3.8, 4) is 0 Å². The van der Waals surface area contributed by atoms with E-state index >= 15 is 0 Å². The number of hydrogen-bond acceptors (Lipinski definition) is 3. The Morgan fingerprint density at radius 1 is 1.25 bits per heavy atom. The molecule has 2 atom stereocenters. The second-order valence-corrected chi connectivity index (χ2v) is 5.62. The number of likely N-dealkylation sites (tertiary alicyclic amines) is 1. The number of hydrazine groups is 1. The Morgan fingerprint density at radius 3 is 2.20 bits per heavy atom. The zero-order chi connectivity index (χ0) is 14.9. The van der Waals surface area contributed by atoms with Crippen LogP contribution in [0.3, 0.4) is 0 Å². The van der Waals surface area contributed by atoms with Crippen LogP contribution in [-0.4, -0.2) is 23.9 Å². The van der Waals surface area contributed by atoms with Gasteiger partial charge < -0.3 is 10.3 Å². The second kappa shape index (κ2) is 5.75. The average molecular weight is 283 g/mol. The number of anilines is 1. The Labute approximate surface area is 116 Å². The minimum atomic E-state index is -0.867. The SMILES string of the molecule is CC1CC(C)CN(C(=O)c2cc(F)c(NN)c(F)c2)C1. The summed E-state index contributed by atoms with van der Waals surface area (Å²) in [4.78, 5) is 14.0. The summed E-state index contributed by atoms with van der Waals surface area (Å²) in [5.41, 5.74) is 1.53. The summed E-state index contributed by atoms with van der Waals surface area (Å²) in [7, 11) is 0. The maximum Gasteiger partial charge on any atom is 0.254 e. The summed E-state index contributed by atoms with van der Waals surface area (Å²) in [6.07, 6.45) is 1.06. The van der Waals surface area contributed by atoms with Crippen LogP contribution < -0.4 is 11.3 Å². The van der Waals surface area contributed by atoms with E-state index in [-0.39, 0.29) is 11.5 Å². The van der Waals surface area contributed by atoms with Crippen molar-refractivity contribution in [1.29, 1.82) is 0 Å². The highest BCUT2D eigenvalue weighted by Gasteiger charge is 2.27. The Hall–Kier alpha value is -1.69. The quantitative estimate of drug-likeness (QED) is 0.647. The van der Waals surface area contributed by atoms with Gasteiger partial charge >= 0.3 is 0 Å². The van der Waals surface area contributed by atoms with Crippen LogP contribution >= 0.6 is 0 Å². The molecule has 3 N–H and O–H groups in total. The van der Waals surface area contributed by atoms with Gasteiger partial charge in [-0.25, -0.2) is 8.78 Å². The van der Waals surface area contributed by atoms with Gasteiger partial charge in [-0.1, -0.05) is 13.8 Å². The number of carbonyl (C=O) groups excluding carboxylic acids is 1. The van der Waals surface area contributed by atoms with E-state index in [1.54, 1.807) is 4.90 Å². The van der Waals surface area contributed by atoms with Gasteiger partial charge in [0.25, 0.3) is 5.91 Å². The van der Waals surface area contributed by atoms with E-state index < -0.39 is 17.3 Å². The molecule has 6 heteroatoms. The van der Waals surface area contributed by atoms with Crippen LogP contribution in [0, 0.1) is 23.5 Å². The van der Waals surface area contributed by atoms with E-state index in [1.807, 2.05) is 5.43 Å². The number of rotatable bonds is 2. The van der Waals surface area contributed by atoms with Crippen LogP contribution in [0.5, 0.6) is 0 Å². The van der Waals surface area contributed by atoms with Crippen molar-refractivity contribution >= 4 is 11.6 Å². The molecular formula is C14H19F2N3O. The lowest BCUT2D eigenvalue weighted by Gasteiger charge is -2.35. The van der Waals surface area contributed by atoms with Crippen molar-refractivity contribution in [2.24, 2.45) is 17.7 Å². The normalized spacial score (nSPS) is 22.8. The van der Waals surface area contributed by atoms with E-state index in [1.165, 1.54) is 0 Å². The van der Waals surface area contributed by atoms with Crippen LogP contribution in [0.2, 0.25) is 0 Å². The lowest BCUT2D eigenvalue weighted by atomic mass is 9.91. The molecule has 1 aromatic carbocycles.